The molecule has 0 unspecified atom stereocenters. The fourth-order valence-electron chi connectivity index (χ4n) is 2.78. The molecule has 0 saturated heterocycles. The predicted octanol–water partition coefficient (Wildman–Crippen LogP) is 7.73. The Morgan fingerprint density at radius 1 is 0.500 bits per heavy atom. The van der Waals surface area contributed by atoms with E-state index in [4.69, 9.17) is 0 Å². The molecule has 0 saturated carbocycles. The Hall–Kier alpha value is 0.350. The summed E-state index contributed by atoms with van der Waals surface area (Å²) in [6, 6.07) is 0. The van der Waals surface area contributed by atoms with Crippen LogP contribution in [0.1, 0.15) is 116 Å². The molecule has 0 bridgehead atoms. The number of hydrogen-bond acceptors (Lipinski definition) is 1. The van der Waals surface area contributed by atoms with E-state index in [0.717, 1.165) is 0 Å². The largest absolute Gasteiger partial charge is 0.175 e. The van der Waals surface area contributed by atoms with Crippen LogP contribution in [0.4, 0.5) is 0 Å². The van der Waals surface area contributed by atoms with Gasteiger partial charge in [0.2, 0.25) is 0 Å². The number of hydrogen-bond donors (Lipinski definition) is 1. The van der Waals surface area contributed by atoms with Crippen molar-refractivity contribution in [2.24, 2.45) is 0 Å². The first kappa shape index (κ1) is 20.3. The maximum absolute atomic E-state index is 4.12. The van der Waals surface area contributed by atoms with Crippen LogP contribution in [-0.2, 0) is 0 Å². The van der Waals surface area contributed by atoms with Crippen LogP contribution in [0, 0.1) is 5.75 Å². The highest BCUT2D eigenvalue weighted by atomic mass is 32.1. The third-order valence-corrected chi connectivity index (χ3v) is 4.44. The molecule has 0 nitrogen and oxygen atoms in total. The van der Waals surface area contributed by atoms with Crippen molar-refractivity contribution in [2.75, 3.05) is 0 Å². The summed E-state index contributed by atoms with van der Waals surface area (Å²) in [5.74, 6) is 1.99. The van der Waals surface area contributed by atoms with E-state index in [1.54, 1.807) is 0 Å². The molecule has 0 rings (SSSR count). The summed E-state index contributed by atoms with van der Waals surface area (Å²) in [6.45, 7) is 2.29. The van der Waals surface area contributed by atoms with Crippen molar-refractivity contribution in [2.45, 2.75) is 116 Å². The van der Waals surface area contributed by atoms with Crippen molar-refractivity contribution >= 4 is 12.6 Å². The summed E-state index contributed by atoms with van der Waals surface area (Å²) in [5.41, 5.74) is 0. The maximum atomic E-state index is 4.12. The highest BCUT2D eigenvalue weighted by molar-refractivity contribution is 7.82. The van der Waals surface area contributed by atoms with Gasteiger partial charge in [0.15, 0.2) is 0 Å². The van der Waals surface area contributed by atoms with Gasteiger partial charge in [0.1, 0.15) is 0 Å². The fraction of sp³-hybridized carbons (Fsp3) is 0.947. The third-order valence-electron chi connectivity index (χ3n) is 4.19. The molecule has 0 aromatic rings. The zero-order valence-electron chi connectivity index (χ0n) is 14.0. The van der Waals surface area contributed by atoms with Crippen LogP contribution in [-0.4, -0.2) is 0 Å². The van der Waals surface area contributed by atoms with Gasteiger partial charge in [-0.1, -0.05) is 110 Å². The standard InChI is InChI=1S/C19H39S/c1-2-3-4-5-6-7-8-9-10-11-12-13-14-15-16-17-18-19-20/h19-20H,2-18H2,1H3. The molecule has 0 atom stereocenters. The minimum Gasteiger partial charge on any atom is -0.175 e. The normalized spacial score (nSPS) is 11.1. The van der Waals surface area contributed by atoms with E-state index in [0.29, 0.717) is 0 Å². The van der Waals surface area contributed by atoms with Gasteiger partial charge in [-0.25, -0.2) is 0 Å². The molecule has 1 radical (unpaired) electrons. The van der Waals surface area contributed by atoms with Crippen LogP contribution in [0.15, 0.2) is 0 Å². The lowest BCUT2D eigenvalue weighted by Gasteiger charge is -2.03. The number of thiol groups is 1. The molecule has 0 aromatic carbocycles. The molecule has 0 amide bonds. The zero-order valence-corrected chi connectivity index (χ0v) is 14.9. The van der Waals surface area contributed by atoms with Gasteiger partial charge in [-0.2, -0.15) is 12.6 Å². The van der Waals surface area contributed by atoms with Crippen LogP contribution in [0.25, 0.3) is 0 Å². The summed E-state index contributed by atoms with van der Waals surface area (Å²) >= 11 is 4.12. The van der Waals surface area contributed by atoms with Crippen molar-refractivity contribution in [3.8, 4) is 0 Å². The lowest BCUT2D eigenvalue weighted by molar-refractivity contribution is 0.530. The number of unbranched alkanes of at least 4 members (excludes halogenated alkanes) is 16. The molecule has 0 heterocycles. The molecule has 0 aliphatic carbocycles. The fourth-order valence-corrected chi connectivity index (χ4v) is 2.97. The van der Waals surface area contributed by atoms with Gasteiger partial charge >= 0.3 is 0 Å². The van der Waals surface area contributed by atoms with Crippen molar-refractivity contribution in [3.05, 3.63) is 5.75 Å². The Labute approximate surface area is 134 Å². The van der Waals surface area contributed by atoms with Gasteiger partial charge in [0.05, 0.1) is 0 Å². The highest BCUT2D eigenvalue weighted by Gasteiger charge is 1.94. The van der Waals surface area contributed by atoms with E-state index in [9.17, 15) is 0 Å². The molecule has 0 fully saturated rings. The molecule has 20 heavy (non-hydrogen) atoms. The monoisotopic (exact) mass is 299 g/mol. The first-order chi connectivity index (χ1) is 9.91. The average molecular weight is 300 g/mol. The molecule has 0 N–H and O–H groups in total. The van der Waals surface area contributed by atoms with Gasteiger partial charge in [-0.05, 0) is 6.42 Å². The smallest absolute Gasteiger partial charge is 0.0133 e. The second-order valence-electron chi connectivity index (χ2n) is 6.27. The van der Waals surface area contributed by atoms with E-state index >= 15 is 0 Å². The Balaban J connectivity index is 2.89. The summed E-state index contributed by atoms with van der Waals surface area (Å²) < 4.78 is 0. The van der Waals surface area contributed by atoms with E-state index in [1.807, 2.05) is 5.75 Å². The van der Waals surface area contributed by atoms with Gasteiger partial charge in [0.25, 0.3) is 0 Å². The van der Waals surface area contributed by atoms with Crippen molar-refractivity contribution in [3.63, 3.8) is 0 Å². The minimum atomic E-state index is 1.18. The van der Waals surface area contributed by atoms with Gasteiger partial charge in [0, 0.05) is 5.75 Å². The van der Waals surface area contributed by atoms with E-state index in [2.05, 4.69) is 19.6 Å². The summed E-state index contributed by atoms with van der Waals surface area (Å²) in [4.78, 5) is 0. The van der Waals surface area contributed by atoms with Crippen molar-refractivity contribution in [1.29, 1.82) is 0 Å². The van der Waals surface area contributed by atoms with E-state index < -0.39 is 0 Å². The van der Waals surface area contributed by atoms with Crippen molar-refractivity contribution in [1.82, 2.24) is 0 Å². The van der Waals surface area contributed by atoms with Crippen LogP contribution >= 0.6 is 12.6 Å². The van der Waals surface area contributed by atoms with Gasteiger partial charge in [-0.15, -0.1) is 0 Å². The van der Waals surface area contributed by atoms with Crippen LogP contribution in [0.3, 0.4) is 0 Å². The Morgan fingerprint density at radius 3 is 1.10 bits per heavy atom. The van der Waals surface area contributed by atoms with Crippen LogP contribution < -0.4 is 0 Å². The second kappa shape index (κ2) is 19.4. The first-order valence-corrected chi connectivity index (χ1v) is 9.89. The van der Waals surface area contributed by atoms with Crippen LogP contribution in [0.5, 0.6) is 0 Å². The highest BCUT2D eigenvalue weighted by Crippen LogP contribution is 2.14. The zero-order chi connectivity index (χ0) is 14.7. The van der Waals surface area contributed by atoms with E-state index in [-0.39, 0.29) is 0 Å². The SMILES string of the molecule is CCCCCCCCCCCCCCCCCC[CH]S. The molecule has 121 valence electrons. The first-order valence-electron chi connectivity index (χ1n) is 9.37. The van der Waals surface area contributed by atoms with Crippen LogP contribution in [0.2, 0.25) is 0 Å². The Bertz CT molecular complexity index is 138. The van der Waals surface area contributed by atoms with Gasteiger partial charge < -0.3 is 0 Å². The lowest BCUT2D eigenvalue weighted by Crippen LogP contribution is -1.83. The molecular weight excluding hydrogens is 260 g/mol. The summed E-state index contributed by atoms with van der Waals surface area (Å²) in [6.07, 6.45) is 24.3. The predicted molar refractivity (Wildman–Crippen MR) is 97.4 cm³/mol. The summed E-state index contributed by atoms with van der Waals surface area (Å²) in [5, 5.41) is 0. The molecule has 1 heteroatoms. The van der Waals surface area contributed by atoms with Crippen molar-refractivity contribution < 1.29 is 0 Å². The molecule has 0 aliphatic rings. The molecular formula is C19H39S. The molecule has 0 aliphatic heterocycles. The third kappa shape index (κ3) is 18.4. The van der Waals surface area contributed by atoms with E-state index in [1.165, 1.54) is 109 Å². The average Bonchev–Trinajstić information content (AvgIpc) is 2.47. The van der Waals surface area contributed by atoms with Gasteiger partial charge in [-0.3, -0.25) is 0 Å². The molecule has 0 aromatic heterocycles. The minimum absolute atomic E-state index is 1.18. The quantitative estimate of drug-likeness (QED) is 0.206. The Morgan fingerprint density at radius 2 is 0.800 bits per heavy atom. The topological polar surface area (TPSA) is 0 Å². The summed E-state index contributed by atoms with van der Waals surface area (Å²) in [7, 11) is 0. The molecule has 0 spiro atoms. The number of rotatable bonds is 17. The lowest BCUT2D eigenvalue weighted by atomic mass is 10.0. The maximum Gasteiger partial charge on any atom is 0.0133 e. The second-order valence-corrected chi connectivity index (χ2v) is 6.64. The Kier molecular flexibility index (Phi) is 19.7.